The van der Waals surface area contributed by atoms with E-state index in [0.717, 1.165) is 12.1 Å². The molecule has 1 amide bonds. The van der Waals surface area contributed by atoms with Gasteiger partial charge in [-0.1, -0.05) is 0 Å². The lowest BCUT2D eigenvalue weighted by atomic mass is 10.2. The topological polar surface area (TPSA) is 63.2 Å². The van der Waals surface area contributed by atoms with E-state index in [-0.39, 0.29) is 11.5 Å². The SMILES string of the molecule is CNC(=O)c1ccc(S(=O)(=O)F)cc1. The van der Waals surface area contributed by atoms with Crippen LogP contribution >= 0.6 is 0 Å². The van der Waals surface area contributed by atoms with Crippen LogP contribution in [0.1, 0.15) is 10.4 Å². The third kappa shape index (κ3) is 2.29. The minimum Gasteiger partial charge on any atom is -0.355 e. The van der Waals surface area contributed by atoms with Crippen LogP contribution in [-0.2, 0) is 10.2 Å². The highest BCUT2D eigenvalue weighted by molar-refractivity contribution is 7.86. The zero-order chi connectivity index (χ0) is 10.8. The van der Waals surface area contributed by atoms with Crippen LogP contribution in [-0.4, -0.2) is 21.4 Å². The summed E-state index contributed by atoms with van der Waals surface area (Å²) in [5.74, 6) is -0.354. The summed E-state index contributed by atoms with van der Waals surface area (Å²) in [7, 11) is -3.24. The molecule has 0 aliphatic rings. The second kappa shape index (κ2) is 3.75. The first-order valence-corrected chi connectivity index (χ1v) is 5.10. The maximum absolute atomic E-state index is 12.4. The summed E-state index contributed by atoms with van der Waals surface area (Å²) in [6.07, 6.45) is 0. The van der Waals surface area contributed by atoms with Gasteiger partial charge in [-0.25, -0.2) is 0 Å². The predicted molar refractivity (Wildman–Crippen MR) is 48.1 cm³/mol. The van der Waals surface area contributed by atoms with Crippen molar-refractivity contribution in [1.29, 1.82) is 0 Å². The van der Waals surface area contributed by atoms with Crippen LogP contribution in [0.4, 0.5) is 3.89 Å². The van der Waals surface area contributed by atoms with E-state index in [1.165, 1.54) is 19.2 Å². The van der Waals surface area contributed by atoms with Gasteiger partial charge in [0.15, 0.2) is 0 Å². The molecule has 0 bridgehead atoms. The van der Waals surface area contributed by atoms with Gasteiger partial charge in [-0.3, -0.25) is 4.79 Å². The summed E-state index contributed by atoms with van der Waals surface area (Å²) in [5.41, 5.74) is 0.278. The normalized spacial score (nSPS) is 11.0. The van der Waals surface area contributed by atoms with Gasteiger partial charge in [0.1, 0.15) is 0 Å². The van der Waals surface area contributed by atoms with Gasteiger partial charge in [-0.2, -0.15) is 8.42 Å². The van der Waals surface area contributed by atoms with Gasteiger partial charge in [-0.15, -0.1) is 3.89 Å². The smallest absolute Gasteiger partial charge is 0.332 e. The Labute approximate surface area is 81.0 Å². The number of hydrogen-bond acceptors (Lipinski definition) is 3. The van der Waals surface area contributed by atoms with Crippen molar-refractivity contribution in [3.8, 4) is 0 Å². The maximum Gasteiger partial charge on any atom is 0.332 e. The molecule has 0 aliphatic heterocycles. The molecule has 76 valence electrons. The minimum atomic E-state index is -4.68. The minimum absolute atomic E-state index is 0.278. The average molecular weight is 217 g/mol. The van der Waals surface area contributed by atoms with Gasteiger partial charge in [-0.05, 0) is 24.3 Å². The lowest BCUT2D eigenvalue weighted by Gasteiger charge is -1.99. The number of halogens is 1. The first kappa shape index (κ1) is 10.6. The highest BCUT2D eigenvalue weighted by atomic mass is 32.3. The standard InChI is InChI=1S/C8H8FNO3S/c1-10-8(11)6-2-4-7(5-3-6)14(9,12)13/h2-5H,1H3,(H,10,11). The largest absolute Gasteiger partial charge is 0.355 e. The maximum atomic E-state index is 12.4. The summed E-state index contributed by atoms with van der Waals surface area (Å²) in [6.45, 7) is 0. The van der Waals surface area contributed by atoms with E-state index >= 15 is 0 Å². The van der Waals surface area contributed by atoms with E-state index in [9.17, 15) is 17.1 Å². The van der Waals surface area contributed by atoms with Crippen LogP contribution in [0.25, 0.3) is 0 Å². The van der Waals surface area contributed by atoms with Crippen LogP contribution in [0, 0.1) is 0 Å². The number of carbonyl (C=O) groups excluding carboxylic acids is 1. The Balaban J connectivity index is 3.07. The zero-order valence-electron chi connectivity index (χ0n) is 7.32. The van der Waals surface area contributed by atoms with Crippen molar-refractivity contribution in [2.45, 2.75) is 4.90 Å². The predicted octanol–water partition coefficient (Wildman–Crippen LogP) is 0.704. The molecular formula is C8H8FNO3S. The van der Waals surface area contributed by atoms with Crippen LogP contribution in [0.3, 0.4) is 0 Å². The summed E-state index contributed by atoms with van der Waals surface area (Å²) in [4.78, 5) is 10.6. The number of nitrogens with one attached hydrogen (secondary N) is 1. The molecule has 0 saturated heterocycles. The van der Waals surface area contributed by atoms with Gasteiger partial charge in [0, 0.05) is 12.6 Å². The van der Waals surface area contributed by atoms with Crippen LogP contribution < -0.4 is 5.32 Å². The van der Waals surface area contributed by atoms with E-state index in [0.29, 0.717) is 0 Å². The van der Waals surface area contributed by atoms with Gasteiger partial charge in [0.25, 0.3) is 5.91 Å². The molecule has 0 atom stereocenters. The molecule has 14 heavy (non-hydrogen) atoms. The van der Waals surface area contributed by atoms with E-state index in [4.69, 9.17) is 0 Å². The fourth-order valence-corrected chi connectivity index (χ4v) is 1.37. The van der Waals surface area contributed by atoms with E-state index in [1.54, 1.807) is 0 Å². The second-order valence-electron chi connectivity index (χ2n) is 2.54. The van der Waals surface area contributed by atoms with E-state index < -0.39 is 15.1 Å². The highest BCUT2D eigenvalue weighted by Gasteiger charge is 2.12. The summed E-state index contributed by atoms with van der Waals surface area (Å²) in [5, 5.41) is 2.36. The molecule has 0 fully saturated rings. The fourth-order valence-electron chi connectivity index (χ4n) is 0.913. The molecule has 0 heterocycles. The molecule has 6 heteroatoms. The van der Waals surface area contributed by atoms with Crippen molar-refractivity contribution in [1.82, 2.24) is 5.32 Å². The van der Waals surface area contributed by atoms with Gasteiger partial charge < -0.3 is 5.32 Å². The van der Waals surface area contributed by atoms with Crippen molar-refractivity contribution >= 4 is 16.1 Å². The molecule has 1 N–H and O–H groups in total. The number of hydrogen-bond donors (Lipinski definition) is 1. The van der Waals surface area contributed by atoms with Crippen LogP contribution in [0.5, 0.6) is 0 Å². The number of carbonyl (C=O) groups is 1. The van der Waals surface area contributed by atoms with Crippen LogP contribution in [0.15, 0.2) is 29.2 Å². The molecule has 0 radical (unpaired) electrons. The Hall–Kier alpha value is -1.43. The second-order valence-corrected chi connectivity index (χ2v) is 3.89. The monoisotopic (exact) mass is 217 g/mol. The van der Waals surface area contributed by atoms with Crippen molar-refractivity contribution in [2.24, 2.45) is 0 Å². The van der Waals surface area contributed by atoms with Crippen molar-refractivity contribution < 1.29 is 17.1 Å². The van der Waals surface area contributed by atoms with Crippen LogP contribution in [0.2, 0.25) is 0 Å². The molecule has 0 unspecified atom stereocenters. The lowest BCUT2D eigenvalue weighted by molar-refractivity contribution is 0.0963. The quantitative estimate of drug-likeness (QED) is 0.742. The molecule has 0 spiro atoms. The van der Waals surface area contributed by atoms with Gasteiger partial charge in [0.05, 0.1) is 4.90 Å². The average Bonchev–Trinajstić information content (AvgIpc) is 2.15. The van der Waals surface area contributed by atoms with Crippen molar-refractivity contribution in [2.75, 3.05) is 7.05 Å². The Kier molecular flexibility index (Phi) is 2.85. The van der Waals surface area contributed by atoms with Gasteiger partial charge >= 0.3 is 10.2 Å². The van der Waals surface area contributed by atoms with E-state index in [2.05, 4.69) is 5.32 Å². The first-order chi connectivity index (χ1) is 6.45. The summed E-state index contributed by atoms with van der Waals surface area (Å²) in [6, 6.07) is 4.57. The molecule has 0 saturated carbocycles. The number of benzene rings is 1. The molecule has 1 rings (SSSR count). The Morgan fingerprint density at radius 2 is 1.79 bits per heavy atom. The molecule has 0 aliphatic carbocycles. The van der Waals surface area contributed by atoms with Crippen molar-refractivity contribution in [3.63, 3.8) is 0 Å². The number of rotatable bonds is 2. The molecule has 0 aromatic heterocycles. The van der Waals surface area contributed by atoms with Crippen molar-refractivity contribution in [3.05, 3.63) is 29.8 Å². The fraction of sp³-hybridized carbons (Fsp3) is 0.125. The van der Waals surface area contributed by atoms with E-state index in [1.807, 2.05) is 0 Å². The summed E-state index contributed by atoms with van der Waals surface area (Å²) < 4.78 is 33.2. The first-order valence-electron chi connectivity index (χ1n) is 3.72. The lowest BCUT2D eigenvalue weighted by Crippen LogP contribution is -2.17. The highest BCUT2D eigenvalue weighted by Crippen LogP contribution is 2.12. The third-order valence-electron chi connectivity index (χ3n) is 1.63. The zero-order valence-corrected chi connectivity index (χ0v) is 8.14. The molecular weight excluding hydrogens is 209 g/mol. The Bertz CT molecular complexity index is 438. The third-order valence-corrected chi connectivity index (χ3v) is 2.46. The summed E-state index contributed by atoms with van der Waals surface area (Å²) >= 11 is 0. The Morgan fingerprint density at radius 3 is 2.14 bits per heavy atom. The molecule has 1 aromatic rings. The number of amides is 1. The molecule has 4 nitrogen and oxygen atoms in total. The molecule has 1 aromatic carbocycles. The Morgan fingerprint density at radius 1 is 1.29 bits per heavy atom. The van der Waals surface area contributed by atoms with Gasteiger partial charge in [0.2, 0.25) is 0 Å².